The van der Waals surface area contributed by atoms with Crippen LogP contribution in [0.15, 0.2) is 24.4 Å². The molecule has 0 saturated heterocycles. The zero-order chi connectivity index (χ0) is 20.4. The molecule has 0 aliphatic heterocycles. The van der Waals surface area contributed by atoms with Crippen molar-refractivity contribution in [2.45, 2.75) is 32.7 Å². The first kappa shape index (κ1) is 20.6. The standard InChI is InChI=1S/C21H26ClFN4O/c1-12(2)17-7-6-15(21(24-4)25-17)20-16(22)8-18-19(26-20)13(3)10-27(18)14(9-23)11-28-5/h6-8,10,12,14H,9,11H2,1-5H3,(H,24,25). The summed E-state index contributed by atoms with van der Waals surface area (Å²) in [6.07, 6.45) is 1.90. The number of aromatic nitrogens is 3. The quantitative estimate of drug-likeness (QED) is 0.574. The largest absolute Gasteiger partial charge is 0.382 e. The van der Waals surface area contributed by atoms with Gasteiger partial charge in [0.05, 0.1) is 34.4 Å². The van der Waals surface area contributed by atoms with E-state index in [4.69, 9.17) is 26.3 Å². The van der Waals surface area contributed by atoms with Gasteiger partial charge in [0, 0.05) is 31.6 Å². The molecule has 7 heteroatoms. The first-order valence-electron chi connectivity index (χ1n) is 9.32. The zero-order valence-electron chi connectivity index (χ0n) is 16.9. The Kier molecular flexibility index (Phi) is 6.20. The maximum absolute atomic E-state index is 13.5. The maximum atomic E-state index is 13.5. The van der Waals surface area contributed by atoms with Crippen molar-refractivity contribution in [1.29, 1.82) is 0 Å². The van der Waals surface area contributed by atoms with Crippen LogP contribution in [0.3, 0.4) is 0 Å². The van der Waals surface area contributed by atoms with Crippen molar-refractivity contribution in [3.8, 4) is 11.3 Å². The topological polar surface area (TPSA) is 52.0 Å². The van der Waals surface area contributed by atoms with Crippen LogP contribution in [0.1, 0.15) is 37.1 Å². The van der Waals surface area contributed by atoms with Gasteiger partial charge in [-0.3, -0.25) is 0 Å². The molecule has 0 saturated carbocycles. The number of halogens is 2. The van der Waals surface area contributed by atoms with E-state index in [2.05, 4.69) is 19.2 Å². The monoisotopic (exact) mass is 404 g/mol. The van der Waals surface area contributed by atoms with Gasteiger partial charge in [-0.2, -0.15) is 0 Å². The molecule has 1 atom stereocenters. The number of alkyl halides is 1. The van der Waals surface area contributed by atoms with Crippen LogP contribution < -0.4 is 5.32 Å². The minimum Gasteiger partial charge on any atom is -0.382 e. The lowest BCUT2D eigenvalue weighted by Gasteiger charge is -2.16. The summed E-state index contributed by atoms with van der Waals surface area (Å²) < 4.78 is 20.6. The molecule has 3 heterocycles. The third kappa shape index (κ3) is 3.71. The Balaban J connectivity index is 2.17. The molecule has 0 amide bonds. The Morgan fingerprint density at radius 1 is 1.29 bits per heavy atom. The minimum atomic E-state index is -0.527. The first-order valence-corrected chi connectivity index (χ1v) is 9.70. The van der Waals surface area contributed by atoms with Crippen LogP contribution in [-0.2, 0) is 4.74 Å². The molecule has 3 aromatic heterocycles. The number of nitrogens with one attached hydrogen (secondary N) is 1. The number of anilines is 1. The van der Waals surface area contributed by atoms with Gasteiger partial charge in [0.1, 0.15) is 12.5 Å². The molecule has 1 unspecified atom stereocenters. The smallest absolute Gasteiger partial charge is 0.135 e. The van der Waals surface area contributed by atoms with E-state index < -0.39 is 12.7 Å². The molecule has 0 radical (unpaired) electrons. The number of ether oxygens (including phenoxy) is 1. The number of pyridine rings is 2. The second kappa shape index (κ2) is 8.45. The van der Waals surface area contributed by atoms with Gasteiger partial charge in [0.2, 0.25) is 0 Å². The van der Waals surface area contributed by atoms with Crippen molar-refractivity contribution in [3.63, 3.8) is 0 Å². The van der Waals surface area contributed by atoms with Gasteiger partial charge in [0.15, 0.2) is 0 Å². The lowest BCUT2D eigenvalue weighted by Crippen LogP contribution is -2.15. The maximum Gasteiger partial charge on any atom is 0.135 e. The first-order chi connectivity index (χ1) is 13.4. The summed E-state index contributed by atoms with van der Waals surface area (Å²) in [5.41, 5.74) is 5.04. The molecule has 0 aliphatic rings. The molecule has 0 spiro atoms. The molecule has 3 rings (SSSR count). The second-order valence-corrected chi connectivity index (χ2v) is 7.61. The Hall–Kier alpha value is -2.18. The van der Waals surface area contributed by atoms with Crippen LogP contribution in [-0.4, -0.2) is 42.0 Å². The van der Waals surface area contributed by atoms with Crippen molar-refractivity contribution < 1.29 is 9.13 Å². The van der Waals surface area contributed by atoms with Gasteiger partial charge < -0.3 is 14.6 Å². The Morgan fingerprint density at radius 3 is 2.64 bits per heavy atom. The highest BCUT2D eigenvalue weighted by Gasteiger charge is 2.20. The molecule has 1 N–H and O–H groups in total. The lowest BCUT2D eigenvalue weighted by atomic mass is 10.1. The average molecular weight is 405 g/mol. The Morgan fingerprint density at radius 2 is 2.04 bits per heavy atom. The van der Waals surface area contributed by atoms with Crippen LogP contribution in [0.4, 0.5) is 10.2 Å². The third-order valence-electron chi connectivity index (χ3n) is 4.87. The van der Waals surface area contributed by atoms with Crippen molar-refractivity contribution in [3.05, 3.63) is 40.7 Å². The van der Waals surface area contributed by atoms with E-state index in [-0.39, 0.29) is 6.61 Å². The van der Waals surface area contributed by atoms with Crippen LogP contribution in [0, 0.1) is 6.92 Å². The number of fused-ring (bicyclic) bond motifs is 1. The highest BCUT2D eigenvalue weighted by Crippen LogP contribution is 2.36. The summed E-state index contributed by atoms with van der Waals surface area (Å²) in [6, 6.07) is 5.43. The van der Waals surface area contributed by atoms with Gasteiger partial charge in [-0.15, -0.1) is 0 Å². The fourth-order valence-electron chi connectivity index (χ4n) is 3.37. The van der Waals surface area contributed by atoms with Crippen molar-refractivity contribution in [2.24, 2.45) is 0 Å². The van der Waals surface area contributed by atoms with E-state index in [0.29, 0.717) is 16.6 Å². The summed E-state index contributed by atoms with van der Waals surface area (Å²) in [6.45, 7) is 5.92. The molecular weight excluding hydrogens is 379 g/mol. The third-order valence-corrected chi connectivity index (χ3v) is 5.16. The second-order valence-electron chi connectivity index (χ2n) is 7.21. The SMILES string of the molecule is CNc1nc(C(C)C)ccc1-c1nc2c(C)cn(C(CF)COC)c2cc1Cl. The number of hydrogen-bond donors (Lipinski definition) is 1. The Labute approximate surface area is 169 Å². The predicted octanol–water partition coefficient (Wildman–Crippen LogP) is 5.38. The highest BCUT2D eigenvalue weighted by atomic mass is 35.5. The number of hydrogen-bond acceptors (Lipinski definition) is 4. The molecule has 0 bridgehead atoms. The van der Waals surface area contributed by atoms with Crippen molar-refractivity contribution in [1.82, 2.24) is 14.5 Å². The normalized spacial score (nSPS) is 12.7. The average Bonchev–Trinajstić information content (AvgIpc) is 3.00. The van der Waals surface area contributed by atoms with Gasteiger partial charge in [-0.1, -0.05) is 25.4 Å². The van der Waals surface area contributed by atoms with Crippen molar-refractivity contribution >= 4 is 28.5 Å². The predicted molar refractivity (Wildman–Crippen MR) is 113 cm³/mol. The molecule has 3 aromatic rings. The van der Waals surface area contributed by atoms with E-state index >= 15 is 0 Å². The Bertz CT molecular complexity index is 986. The van der Waals surface area contributed by atoms with Gasteiger partial charge in [0.25, 0.3) is 0 Å². The number of nitrogens with zero attached hydrogens (tertiary/aromatic N) is 3. The van der Waals surface area contributed by atoms with Gasteiger partial charge in [-0.05, 0) is 36.6 Å². The fraction of sp³-hybridized carbons (Fsp3) is 0.429. The molecule has 0 aliphatic carbocycles. The summed E-state index contributed by atoms with van der Waals surface area (Å²) in [7, 11) is 3.40. The van der Waals surface area contributed by atoms with Crippen LogP contribution in [0.25, 0.3) is 22.3 Å². The fourth-order valence-corrected chi connectivity index (χ4v) is 3.61. The van der Waals surface area contributed by atoms with Crippen LogP contribution in [0.2, 0.25) is 5.02 Å². The molecule has 5 nitrogen and oxygen atoms in total. The highest BCUT2D eigenvalue weighted by molar-refractivity contribution is 6.33. The van der Waals surface area contributed by atoms with E-state index in [1.54, 1.807) is 7.11 Å². The number of methoxy groups -OCH3 is 1. The zero-order valence-corrected chi connectivity index (χ0v) is 17.6. The molecule has 0 fully saturated rings. The van der Waals surface area contributed by atoms with E-state index in [1.165, 1.54) is 0 Å². The summed E-state index contributed by atoms with van der Waals surface area (Å²) in [4.78, 5) is 9.53. The summed E-state index contributed by atoms with van der Waals surface area (Å²) in [5, 5.41) is 3.65. The van der Waals surface area contributed by atoms with E-state index in [0.717, 1.165) is 33.7 Å². The number of rotatable bonds is 7. The molecular formula is C21H26ClFN4O. The molecule has 150 valence electrons. The molecule has 0 aromatic carbocycles. The van der Waals surface area contributed by atoms with E-state index in [9.17, 15) is 4.39 Å². The summed E-state index contributed by atoms with van der Waals surface area (Å²) in [5.74, 6) is 1.06. The summed E-state index contributed by atoms with van der Waals surface area (Å²) >= 11 is 6.62. The van der Waals surface area contributed by atoms with Crippen LogP contribution in [0.5, 0.6) is 0 Å². The van der Waals surface area contributed by atoms with Gasteiger partial charge in [-0.25, -0.2) is 14.4 Å². The number of aryl methyl sites for hydroxylation is 1. The van der Waals surface area contributed by atoms with Crippen LogP contribution >= 0.6 is 11.6 Å². The van der Waals surface area contributed by atoms with Gasteiger partial charge >= 0.3 is 0 Å². The van der Waals surface area contributed by atoms with E-state index in [1.807, 2.05) is 42.9 Å². The molecule has 28 heavy (non-hydrogen) atoms. The minimum absolute atomic E-state index is 0.281. The van der Waals surface area contributed by atoms with Crippen molar-refractivity contribution in [2.75, 3.05) is 32.8 Å². The lowest BCUT2D eigenvalue weighted by molar-refractivity contribution is 0.142.